The van der Waals surface area contributed by atoms with Gasteiger partial charge in [0.25, 0.3) is 0 Å². The predicted octanol–water partition coefficient (Wildman–Crippen LogP) is 1.47. The number of rotatable bonds is 3. The first-order valence-corrected chi connectivity index (χ1v) is 6.00. The van der Waals surface area contributed by atoms with Crippen LogP contribution in [0, 0.1) is 5.92 Å². The number of anilines is 1. The van der Waals surface area contributed by atoms with Crippen LogP contribution in [-0.2, 0) is 9.53 Å². The van der Waals surface area contributed by atoms with Crippen LogP contribution in [0.5, 0.6) is 0 Å². The third-order valence-corrected chi connectivity index (χ3v) is 3.46. The summed E-state index contributed by atoms with van der Waals surface area (Å²) in [5.41, 5.74) is 1.54. The summed E-state index contributed by atoms with van der Waals surface area (Å²) < 4.78 is 4.66. The molecular formula is C11H12N2O3S. The number of aromatic nitrogens is 1. The van der Waals surface area contributed by atoms with Crippen molar-refractivity contribution in [1.82, 2.24) is 4.98 Å². The van der Waals surface area contributed by atoms with Gasteiger partial charge in [-0.25, -0.2) is 9.78 Å². The number of amides is 1. The summed E-state index contributed by atoms with van der Waals surface area (Å²) in [6.45, 7) is 4.20. The molecule has 0 radical (unpaired) electrons. The van der Waals surface area contributed by atoms with Crippen LogP contribution in [0.2, 0.25) is 0 Å². The van der Waals surface area contributed by atoms with E-state index in [2.05, 4.69) is 16.3 Å². The molecule has 1 unspecified atom stereocenters. The Bertz CT molecular complexity index is 469. The second-order valence-electron chi connectivity index (χ2n) is 3.70. The fraction of sp³-hybridized carbons (Fsp3) is 0.364. The summed E-state index contributed by atoms with van der Waals surface area (Å²) in [4.78, 5) is 29.3. The zero-order chi connectivity index (χ0) is 12.4. The van der Waals surface area contributed by atoms with Gasteiger partial charge in [0.2, 0.25) is 5.91 Å². The minimum atomic E-state index is -0.461. The van der Waals surface area contributed by atoms with Crippen molar-refractivity contribution in [2.75, 3.05) is 18.6 Å². The van der Waals surface area contributed by atoms with Gasteiger partial charge in [-0.05, 0) is 0 Å². The Morgan fingerprint density at radius 1 is 1.76 bits per heavy atom. The molecular weight excluding hydrogens is 240 g/mol. The smallest absolute Gasteiger partial charge is 0.351 e. The Balaban J connectivity index is 2.29. The Labute approximate surface area is 103 Å². The molecule has 5 nitrogen and oxygen atoms in total. The van der Waals surface area contributed by atoms with Gasteiger partial charge in [-0.1, -0.05) is 6.08 Å². The Morgan fingerprint density at radius 2 is 2.53 bits per heavy atom. The maximum atomic E-state index is 11.8. The second-order valence-corrected chi connectivity index (χ2v) is 4.56. The minimum absolute atomic E-state index is 0.0362. The summed E-state index contributed by atoms with van der Waals surface area (Å²) in [6.07, 6.45) is 2.17. The van der Waals surface area contributed by atoms with E-state index >= 15 is 0 Å². The van der Waals surface area contributed by atoms with E-state index in [1.807, 2.05) is 0 Å². The fourth-order valence-corrected chi connectivity index (χ4v) is 2.47. The van der Waals surface area contributed by atoms with E-state index in [1.54, 1.807) is 6.08 Å². The number of hydrogen-bond acceptors (Lipinski definition) is 5. The van der Waals surface area contributed by atoms with Crippen molar-refractivity contribution in [2.45, 2.75) is 6.42 Å². The molecule has 1 aromatic rings. The highest BCUT2D eigenvalue weighted by Gasteiger charge is 2.33. The summed E-state index contributed by atoms with van der Waals surface area (Å²) in [6, 6.07) is 0. The lowest BCUT2D eigenvalue weighted by molar-refractivity contribution is -0.117. The van der Waals surface area contributed by atoms with Crippen LogP contribution >= 0.6 is 11.3 Å². The summed E-state index contributed by atoms with van der Waals surface area (Å²) in [7, 11) is 1.31. The third kappa shape index (κ3) is 2.08. The number of nitrogens with zero attached hydrogens (tertiary/aromatic N) is 2. The third-order valence-electron chi connectivity index (χ3n) is 2.66. The van der Waals surface area contributed by atoms with Gasteiger partial charge in [-0.2, -0.15) is 0 Å². The van der Waals surface area contributed by atoms with Crippen LogP contribution in [0.15, 0.2) is 18.2 Å². The van der Waals surface area contributed by atoms with E-state index in [0.29, 0.717) is 23.7 Å². The van der Waals surface area contributed by atoms with Gasteiger partial charge in [0.15, 0.2) is 10.7 Å². The van der Waals surface area contributed by atoms with E-state index in [0.717, 1.165) is 0 Å². The first kappa shape index (κ1) is 11.8. The molecule has 0 aliphatic carbocycles. The van der Waals surface area contributed by atoms with Gasteiger partial charge >= 0.3 is 5.97 Å². The van der Waals surface area contributed by atoms with Crippen LogP contribution in [-0.4, -0.2) is 30.5 Å². The van der Waals surface area contributed by atoms with Crippen LogP contribution in [0.1, 0.15) is 16.1 Å². The Hall–Kier alpha value is -1.69. The first-order chi connectivity index (χ1) is 8.17. The molecule has 2 heterocycles. The lowest BCUT2D eigenvalue weighted by Crippen LogP contribution is -2.26. The molecule has 1 fully saturated rings. The van der Waals surface area contributed by atoms with Gasteiger partial charge in [0.05, 0.1) is 12.6 Å². The number of carbonyl (C=O) groups excluding carboxylic acids is 2. The molecule has 2 rings (SSSR count). The molecule has 17 heavy (non-hydrogen) atoms. The number of methoxy groups -OCH3 is 1. The molecule has 1 aliphatic rings. The summed E-state index contributed by atoms with van der Waals surface area (Å²) >= 11 is 1.17. The zero-order valence-electron chi connectivity index (χ0n) is 9.38. The normalized spacial score (nSPS) is 19.5. The SMILES string of the molecule is C=CC1CC(=O)N(c2ncsc2C(=O)OC)C1. The van der Waals surface area contributed by atoms with Crippen molar-refractivity contribution < 1.29 is 14.3 Å². The number of esters is 1. The Morgan fingerprint density at radius 3 is 3.12 bits per heavy atom. The topological polar surface area (TPSA) is 59.5 Å². The first-order valence-electron chi connectivity index (χ1n) is 5.12. The monoisotopic (exact) mass is 252 g/mol. The number of hydrogen-bond donors (Lipinski definition) is 0. The highest BCUT2D eigenvalue weighted by Crippen LogP contribution is 2.29. The number of thiazole rings is 1. The van der Waals surface area contributed by atoms with Crippen molar-refractivity contribution >= 4 is 29.0 Å². The molecule has 90 valence electrons. The Kier molecular flexibility index (Phi) is 3.23. The maximum Gasteiger partial charge on any atom is 0.351 e. The summed E-state index contributed by atoms with van der Waals surface area (Å²) in [5, 5.41) is 0. The maximum absolute atomic E-state index is 11.8. The molecule has 1 amide bonds. The van der Waals surface area contributed by atoms with Gasteiger partial charge in [-0.3, -0.25) is 9.69 Å². The largest absolute Gasteiger partial charge is 0.465 e. The van der Waals surface area contributed by atoms with Crippen LogP contribution in [0.25, 0.3) is 0 Å². The molecule has 6 heteroatoms. The average Bonchev–Trinajstić information content (AvgIpc) is 2.93. The van der Waals surface area contributed by atoms with Crippen LogP contribution in [0.4, 0.5) is 5.82 Å². The van der Waals surface area contributed by atoms with E-state index in [-0.39, 0.29) is 11.8 Å². The fourth-order valence-electron chi connectivity index (χ4n) is 1.76. The van der Waals surface area contributed by atoms with E-state index in [1.165, 1.54) is 28.9 Å². The highest BCUT2D eigenvalue weighted by atomic mass is 32.1. The molecule has 1 aromatic heterocycles. The van der Waals surface area contributed by atoms with Gasteiger partial charge < -0.3 is 4.74 Å². The predicted molar refractivity (Wildman–Crippen MR) is 64.1 cm³/mol. The van der Waals surface area contributed by atoms with Gasteiger partial charge in [0.1, 0.15) is 0 Å². The van der Waals surface area contributed by atoms with Crippen molar-refractivity contribution in [1.29, 1.82) is 0 Å². The lowest BCUT2D eigenvalue weighted by atomic mass is 10.1. The minimum Gasteiger partial charge on any atom is -0.465 e. The van der Waals surface area contributed by atoms with Crippen molar-refractivity contribution in [2.24, 2.45) is 5.92 Å². The molecule has 0 saturated carbocycles. The quantitative estimate of drug-likeness (QED) is 0.603. The van der Waals surface area contributed by atoms with E-state index in [9.17, 15) is 9.59 Å². The lowest BCUT2D eigenvalue weighted by Gasteiger charge is -2.14. The van der Waals surface area contributed by atoms with Crippen molar-refractivity contribution in [3.63, 3.8) is 0 Å². The summed E-state index contributed by atoms with van der Waals surface area (Å²) in [5.74, 6) is 0.0224. The zero-order valence-corrected chi connectivity index (χ0v) is 10.2. The molecule has 0 bridgehead atoms. The molecule has 0 spiro atoms. The standard InChI is InChI=1S/C11H12N2O3S/c1-3-7-4-8(14)13(5-7)10-9(11(15)16-2)17-6-12-10/h3,6-7H,1,4-5H2,2H3. The second kappa shape index (κ2) is 4.67. The average molecular weight is 252 g/mol. The van der Waals surface area contributed by atoms with E-state index in [4.69, 9.17) is 0 Å². The van der Waals surface area contributed by atoms with Crippen LogP contribution in [0.3, 0.4) is 0 Å². The van der Waals surface area contributed by atoms with Crippen molar-refractivity contribution in [3.05, 3.63) is 23.0 Å². The van der Waals surface area contributed by atoms with Crippen molar-refractivity contribution in [3.8, 4) is 0 Å². The van der Waals surface area contributed by atoms with Crippen LogP contribution < -0.4 is 4.90 Å². The van der Waals surface area contributed by atoms with E-state index < -0.39 is 5.97 Å². The number of carbonyl (C=O) groups is 2. The molecule has 1 atom stereocenters. The number of ether oxygens (including phenoxy) is 1. The molecule has 1 aliphatic heterocycles. The molecule has 1 saturated heterocycles. The van der Waals surface area contributed by atoms with Gasteiger partial charge in [0, 0.05) is 18.9 Å². The highest BCUT2D eigenvalue weighted by molar-refractivity contribution is 7.12. The molecule has 0 aromatic carbocycles. The van der Waals surface area contributed by atoms with Gasteiger partial charge in [-0.15, -0.1) is 17.9 Å². The molecule has 0 N–H and O–H groups in total.